The van der Waals surface area contributed by atoms with Gasteiger partial charge in [0.05, 0.1) is 0 Å². The molecule has 0 bridgehead atoms. The molecule has 0 saturated heterocycles. The maximum Gasteiger partial charge on any atom is 0 e. The van der Waals surface area contributed by atoms with E-state index in [9.17, 15) is 0 Å². The minimum atomic E-state index is 0. The third kappa shape index (κ3) is 7.84. The fourth-order valence-corrected chi connectivity index (χ4v) is 0.642. The van der Waals surface area contributed by atoms with E-state index in [0.29, 0.717) is 0 Å². The monoisotopic (exact) mass is 242 g/mol. The van der Waals surface area contributed by atoms with Gasteiger partial charge in [0.2, 0.25) is 0 Å². The largest absolute Gasteiger partial charge is 0.748 e. The van der Waals surface area contributed by atoms with Crippen LogP contribution in [0.3, 0.4) is 0 Å². The first-order chi connectivity index (χ1) is 5.00. The van der Waals surface area contributed by atoms with Gasteiger partial charge in [-0.25, -0.2) is 12.1 Å². The van der Waals surface area contributed by atoms with Crippen LogP contribution >= 0.6 is 0 Å². The zero-order valence-electron chi connectivity index (χ0n) is 6.48. The Balaban J connectivity index is 0. The van der Waals surface area contributed by atoms with Crippen LogP contribution in [0.15, 0.2) is 60.7 Å². The van der Waals surface area contributed by atoms with E-state index in [-0.39, 0.29) is 34.1 Å². The van der Waals surface area contributed by atoms with E-state index in [2.05, 4.69) is 0 Å². The first-order valence-electron chi connectivity index (χ1n) is 3.33. The molecule has 0 aliphatic heterocycles. The van der Waals surface area contributed by atoms with Gasteiger partial charge in [-0.1, -0.05) is 0 Å². The quantitative estimate of drug-likeness (QED) is 0.492. The minimum absolute atomic E-state index is 0. The molecule has 72 valence electrons. The van der Waals surface area contributed by atoms with E-state index in [1.165, 1.54) is 0 Å². The summed E-state index contributed by atoms with van der Waals surface area (Å²) in [5.41, 5.74) is 0. The summed E-state index contributed by atoms with van der Waals surface area (Å²) in [5, 5.41) is 0. The van der Waals surface area contributed by atoms with E-state index in [0.717, 1.165) is 0 Å². The molecule has 0 radical (unpaired) electrons. The van der Waals surface area contributed by atoms with Crippen molar-refractivity contribution in [1.29, 1.82) is 0 Å². The van der Waals surface area contributed by atoms with Crippen LogP contribution in [-0.4, -0.2) is 0 Å². The third-order valence-corrected chi connectivity index (χ3v) is 1.11. The molecule has 12 heavy (non-hydrogen) atoms. The van der Waals surface area contributed by atoms with Gasteiger partial charge in [0.15, 0.2) is 0 Å². The zero-order chi connectivity index (χ0) is 7.07. The van der Waals surface area contributed by atoms with Crippen molar-refractivity contribution in [2.24, 2.45) is 0 Å². The molecule has 2 rings (SSSR count). The summed E-state index contributed by atoms with van der Waals surface area (Å²) in [6.07, 6.45) is 0. The Morgan fingerprint density at radius 2 is 0.917 bits per heavy atom. The Morgan fingerprint density at radius 3 is 1.08 bits per heavy atom. The van der Waals surface area contributed by atoms with Gasteiger partial charge in [-0.15, -0.1) is 0 Å². The van der Waals surface area contributed by atoms with E-state index in [1.54, 1.807) is 0 Å². The van der Waals surface area contributed by atoms with Gasteiger partial charge in [0.1, 0.15) is 0 Å². The molecule has 0 nitrogen and oxygen atoms in total. The molecule has 2 aromatic carbocycles. The summed E-state index contributed by atoms with van der Waals surface area (Å²) in [4.78, 5) is 0. The molecule has 0 aromatic heterocycles. The zero-order valence-corrected chi connectivity index (χ0v) is 8.69. The van der Waals surface area contributed by atoms with Crippen LogP contribution in [0.5, 0.6) is 0 Å². The summed E-state index contributed by atoms with van der Waals surface area (Å²) >= 11 is 0. The molecule has 0 saturated carbocycles. The number of hydrogen-bond acceptors (Lipinski definition) is 0. The third-order valence-electron chi connectivity index (χ3n) is 1.11. The molecule has 2 heteroatoms. The van der Waals surface area contributed by atoms with Gasteiger partial charge in [0.25, 0.3) is 0 Å². The van der Waals surface area contributed by atoms with Crippen LogP contribution < -0.4 is 0 Å². The van der Waals surface area contributed by atoms with E-state index in [4.69, 9.17) is 0 Å². The Bertz CT molecular complexity index is 147. The van der Waals surface area contributed by atoms with Crippen molar-refractivity contribution in [2.45, 2.75) is 0 Å². The molecular formula is C10H10Fe2-6. The molecule has 2 aromatic rings. The fourth-order valence-electron chi connectivity index (χ4n) is 0.642. The first-order valence-corrected chi connectivity index (χ1v) is 3.33. The Hall–Kier alpha value is -0.261. The average molecular weight is 242 g/mol. The van der Waals surface area contributed by atoms with Gasteiger partial charge in [-0.3, -0.25) is 0 Å². The van der Waals surface area contributed by atoms with Crippen molar-refractivity contribution in [3.8, 4) is 0 Å². The van der Waals surface area contributed by atoms with Crippen LogP contribution in [0.4, 0.5) is 0 Å². The van der Waals surface area contributed by atoms with Crippen molar-refractivity contribution >= 4 is 0 Å². The molecule has 0 N–H and O–H groups in total. The maximum atomic E-state index is 2.00. The fraction of sp³-hybridized carbons (Fsp3) is 0. The van der Waals surface area contributed by atoms with Crippen molar-refractivity contribution in [3.05, 3.63) is 60.7 Å². The Morgan fingerprint density at radius 1 is 0.583 bits per heavy atom. The van der Waals surface area contributed by atoms with Gasteiger partial charge in [0, 0.05) is 34.1 Å². The molecule has 0 atom stereocenters. The Kier molecular flexibility index (Phi) is 12.8. The maximum absolute atomic E-state index is 2.00. The van der Waals surface area contributed by atoms with Crippen LogP contribution in [0.1, 0.15) is 0 Å². The summed E-state index contributed by atoms with van der Waals surface area (Å²) in [5.74, 6) is 0. The van der Waals surface area contributed by atoms with E-state index in [1.807, 2.05) is 60.7 Å². The summed E-state index contributed by atoms with van der Waals surface area (Å²) < 4.78 is 0. The molecule has 0 spiro atoms. The summed E-state index contributed by atoms with van der Waals surface area (Å²) in [6, 6.07) is 20.0. The predicted molar refractivity (Wildman–Crippen MR) is 44.1 cm³/mol. The predicted octanol–water partition coefficient (Wildman–Crippen LogP) is 2.81. The van der Waals surface area contributed by atoms with Crippen molar-refractivity contribution in [2.75, 3.05) is 0 Å². The van der Waals surface area contributed by atoms with Gasteiger partial charge < -0.3 is 30.3 Å². The van der Waals surface area contributed by atoms with Crippen molar-refractivity contribution < 1.29 is 34.1 Å². The van der Waals surface area contributed by atoms with Crippen LogP contribution in [0.2, 0.25) is 0 Å². The topological polar surface area (TPSA) is 0 Å². The van der Waals surface area contributed by atoms with Crippen molar-refractivity contribution in [3.63, 3.8) is 0 Å². The number of rotatable bonds is 0. The van der Waals surface area contributed by atoms with Crippen LogP contribution in [0, 0.1) is 0 Å². The van der Waals surface area contributed by atoms with Gasteiger partial charge in [-0.05, 0) is 0 Å². The number of hydrogen-bond donors (Lipinski definition) is 0. The molecular weight excluding hydrogens is 232 g/mol. The molecule has 0 unspecified atom stereocenters. The van der Waals surface area contributed by atoms with Crippen LogP contribution in [0.25, 0.3) is 0 Å². The molecule has 0 amide bonds. The summed E-state index contributed by atoms with van der Waals surface area (Å²) in [6.45, 7) is 0. The molecule has 0 aliphatic rings. The second kappa shape index (κ2) is 10.7. The normalized spacial score (nSPS) is 6.67. The average Bonchev–Trinajstić information content (AvgIpc) is 2.67. The molecule has 0 aliphatic carbocycles. The second-order valence-corrected chi connectivity index (χ2v) is 1.92. The SMILES string of the molecule is [Fe].[Fe].[cH-]1[cH-][cH-][cH-][cH-]1.c1cc[cH-]c1. The van der Waals surface area contributed by atoms with Gasteiger partial charge >= 0.3 is 0 Å². The smallest absolute Gasteiger partial charge is 0 e. The van der Waals surface area contributed by atoms with E-state index < -0.39 is 0 Å². The summed E-state index contributed by atoms with van der Waals surface area (Å²) in [7, 11) is 0. The first kappa shape index (κ1) is 14.3. The standard InChI is InChI=1S/2C5H5.2Fe/c2*1-2-4-5-3-1;;/h2*1-5H;;/q-5;-1;;. The van der Waals surface area contributed by atoms with Crippen LogP contribution in [-0.2, 0) is 34.1 Å². The minimum Gasteiger partial charge on any atom is -0.748 e. The van der Waals surface area contributed by atoms with Gasteiger partial charge in [-0.2, -0.15) is 18.2 Å². The molecule has 0 heterocycles. The van der Waals surface area contributed by atoms with E-state index >= 15 is 0 Å². The Labute approximate surface area is 94.7 Å². The molecule has 0 fully saturated rings. The van der Waals surface area contributed by atoms with Crippen molar-refractivity contribution in [1.82, 2.24) is 0 Å². The second-order valence-electron chi connectivity index (χ2n) is 1.92.